The summed E-state index contributed by atoms with van der Waals surface area (Å²) in [5.74, 6) is -0.402. The number of oxazole rings is 1. The van der Waals surface area contributed by atoms with Crippen molar-refractivity contribution in [3.63, 3.8) is 0 Å². The lowest BCUT2D eigenvalue weighted by Gasteiger charge is -2.27. The van der Waals surface area contributed by atoms with Crippen LogP contribution in [0.15, 0.2) is 21.9 Å². The van der Waals surface area contributed by atoms with E-state index < -0.39 is 17.4 Å². The zero-order chi connectivity index (χ0) is 17.2. The third kappa shape index (κ3) is 4.19. The predicted octanol–water partition coefficient (Wildman–Crippen LogP) is 2.87. The van der Waals surface area contributed by atoms with E-state index in [4.69, 9.17) is 4.42 Å². The Labute approximate surface area is 138 Å². The Morgan fingerprint density at radius 3 is 2.65 bits per heavy atom. The number of carbonyl (C=O) groups excluding carboxylic acids is 1. The number of rotatable bonds is 5. The van der Waals surface area contributed by atoms with Crippen LogP contribution in [0.1, 0.15) is 32.2 Å². The second kappa shape index (κ2) is 6.54. The van der Waals surface area contributed by atoms with Gasteiger partial charge in [0.15, 0.2) is 0 Å². The molecule has 2 rings (SSSR count). The third-order valence-electron chi connectivity index (χ3n) is 3.37. The third-order valence-corrected chi connectivity index (χ3v) is 4.23. The van der Waals surface area contributed by atoms with Gasteiger partial charge in [-0.25, -0.2) is 9.78 Å². The summed E-state index contributed by atoms with van der Waals surface area (Å²) in [5, 5.41) is 13.7. The van der Waals surface area contributed by atoms with Gasteiger partial charge in [0.05, 0.1) is 17.0 Å². The number of amides is 1. The molecule has 1 amide bonds. The summed E-state index contributed by atoms with van der Waals surface area (Å²) in [7, 11) is 0. The Kier molecular flexibility index (Phi) is 4.89. The highest BCUT2D eigenvalue weighted by Crippen LogP contribution is 2.26. The molecule has 7 heteroatoms. The Morgan fingerprint density at radius 2 is 2.13 bits per heavy atom. The van der Waals surface area contributed by atoms with E-state index in [1.54, 1.807) is 27.7 Å². The van der Waals surface area contributed by atoms with Gasteiger partial charge < -0.3 is 14.8 Å². The number of nitrogens with one attached hydrogen (secondary N) is 1. The molecule has 1 unspecified atom stereocenters. The number of carbonyl (C=O) groups is 2. The highest BCUT2D eigenvalue weighted by Gasteiger charge is 2.32. The summed E-state index contributed by atoms with van der Waals surface area (Å²) in [6, 6.07) is 2.82. The van der Waals surface area contributed by atoms with E-state index in [9.17, 15) is 14.7 Å². The number of aromatic nitrogens is 1. The Balaban J connectivity index is 2.10. The molecule has 0 aliphatic carbocycles. The molecule has 0 radical (unpaired) electrons. The quantitative estimate of drug-likeness (QED) is 0.876. The van der Waals surface area contributed by atoms with Gasteiger partial charge in [0.25, 0.3) is 0 Å². The molecule has 124 valence electrons. The molecule has 6 nitrogen and oxygen atoms in total. The van der Waals surface area contributed by atoms with Gasteiger partial charge in [-0.15, -0.1) is 11.3 Å². The van der Waals surface area contributed by atoms with E-state index in [-0.39, 0.29) is 12.3 Å². The summed E-state index contributed by atoms with van der Waals surface area (Å²) in [5.41, 5.74) is -0.0633. The number of nitrogens with zero attached hydrogens (tertiary/aromatic N) is 1. The normalized spacial score (nSPS) is 12.9. The molecule has 0 aromatic carbocycles. The van der Waals surface area contributed by atoms with Gasteiger partial charge in [0.2, 0.25) is 11.8 Å². The molecule has 0 bridgehead atoms. The van der Waals surface area contributed by atoms with E-state index in [1.807, 2.05) is 17.5 Å². The highest BCUT2D eigenvalue weighted by molar-refractivity contribution is 7.13. The molecule has 23 heavy (non-hydrogen) atoms. The first-order valence-corrected chi connectivity index (χ1v) is 8.09. The van der Waals surface area contributed by atoms with Crippen LogP contribution in [-0.4, -0.2) is 28.0 Å². The van der Waals surface area contributed by atoms with Gasteiger partial charge in [-0.1, -0.05) is 26.8 Å². The standard InChI is InChI=1S/C16H20N2O4S/c1-9-10(17-14(22-9)11-6-5-7-23-11)8-12(19)18-13(15(20)21)16(2,3)4/h5-7,13H,8H2,1-4H3,(H,18,19)(H,20,21). The van der Waals surface area contributed by atoms with Crippen LogP contribution in [0.4, 0.5) is 0 Å². The first-order valence-electron chi connectivity index (χ1n) is 7.21. The maximum Gasteiger partial charge on any atom is 0.326 e. The molecule has 0 aliphatic heterocycles. The van der Waals surface area contributed by atoms with E-state index in [0.29, 0.717) is 17.3 Å². The SMILES string of the molecule is Cc1oc(-c2cccs2)nc1CC(=O)NC(C(=O)O)C(C)(C)C. The topological polar surface area (TPSA) is 92.4 Å². The largest absolute Gasteiger partial charge is 0.480 e. The van der Waals surface area contributed by atoms with Gasteiger partial charge in [-0.3, -0.25) is 4.79 Å². The van der Waals surface area contributed by atoms with E-state index in [2.05, 4.69) is 10.3 Å². The van der Waals surface area contributed by atoms with Gasteiger partial charge in [-0.05, 0) is 23.8 Å². The smallest absolute Gasteiger partial charge is 0.326 e. The number of thiophene rings is 1. The minimum Gasteiger partial charge on any atom is -0.480 e. The van der Waals surface area contributed by atoms with Crippen molar-refractivity contribution in [1.29, 1.82) is 0 Å². The fourth-order valence-corrected chi connectivity index (χ4v) is 2.76. The second-order valence-electron chi connectivity index (χ2n) is 6.38. The van der Waals surface area contributed by atoms with Crippen molar-refractivity contribution in [3.05, 3.63) is 29.0 Å². The van der Waals surface area contributed by atoms with Gasteiger partial charge in [-0.2, -0.15) is 0 Å². The molecule has 2 aromatic heterocycles. The summed E-state index contributed by atoms with van der Waals surface area (Å²) >= 11 is 1.50. The van der Waals surface area contributed by atoms with Crippen molar-refractivity contribution in [2.45, 2.75) is 40.2 Å². The molecular weight excluding hydrogens is 316 g/mol. The second-order valence-corrected chi connectivity index (χ2v) is 7.33. The number of hydrogen-bond donors (Lipinski definition) is 2. The van der Waals surface area contributed by atoms with Crippen molar-refractivity contribution in [2.75, 3.05) is 0 Å². The number of aliphatic carboxylic acids is 1. The van der Waals surface area contributed by atoms with Crippen molar-refractivity contribution < 1.29 is 19.1 Å². The van der Waals surface area contributed by atoms with Crippen LogP contribution in [0.2, 0.25) is 0 Å². The summed E-state index contributed by atoms with van der Waals surface area (Å²) in [6.45, 7) is 7.04. The average Bonchev–Trinajstić information content (AvgIpc) is 3.05. The minimum absolute atomic E-state index is 0.0133. The van der Waals surface area contributed by atoms with E-state index >= 15 is 0 Å². The number of carboxylic acids is 1. The van der Waals surface area contributed by atoms with Crippen LogP contribution in [0.25, 0.3) is 10.8 Å². The van der Waals surface area contributed by atoms with E-state index in [1.165, 1.54) is 11.3 Å². The van der Waals surface area contributed by atoms with Crippen molar-refractivity contribution in [3.8, 4) is 10.8 Å². The maximum absolute atomic E-state index is 12.2. The minimum atomic E-state index is -1.05. The Hall–Kier alpha value is -2.15. The molecule has 1 atom stereocenters. The molecule has 0 spiro atoms. The first kappa shape index (κ1) is 17.2. The maximum atomic E-state index is 12.2. The van der Waals surface area contributed by atoms with Gasteiger partial charge in [0, 0.05) is 0 Å². The summed E-state index contributed by atoms with van der Waals surface area (Å²) < 4.78 is 5.58. The molecule has 2 N–H and O–H groups in total. The highest BCUT2D eigenvalue weighted by atomic mass is 32.1. The van der Waals surface area contributed by atoms with Crippen LogP contribution >= 0.6 is 11.3 Å². The van der Waals surface area contributed by atoms with Crippen LogP contribution < -0.4 is 5.32 Å². The number of hydrogen-bond acceptors (Lipinski definition) is 5. The lowest BCUT2D eigenvalue weighted by molar-refractivity contribution is -0.144. The summed E-state index contributed by atoms with van der Waals surface area (Å²) in [6.07, 6.45) is -0.0133. The zero-order valence-corrected chi connectivity index (χ0v) is 14.4. The van der Waals surface area contributed by atoms with Crippen LogP contribution in [0.5, 0.6) is 0 Å². The van der Waals surface area contributed by atoms with Crippen LogP contribution in [-0.2, 0) is 16.0 Å². The van der Waals surface area contributed by atoms with E-state index in [0.717, 1.165) is 4.88 Å². The fraction of sp³-hybridized carbons (Fsp3) is 0.438. The lowest BCUT2D eigenvalue weighted by Crippen LogP contribution is -2.49. The molecule has 0 aliphatic rings. The van der Waals surface area contributed by atoms with Gasteiger partial charge in [0.1, 0.15) is 11.8 Å². The van der Waals surface area contributed by atoms with Crippen molar-refractivity contribution in [1.82, 2.24) is 10.3 Å². The Bertz CT molecular complexity index is 698. The Morgan fingerprint density at radius 1 is 1.43 bits per heavy atom. The van der Waals surface area contributed by atoms with Crippen molar-refractivity contribution in [2.24, 2.45) is 5.41 Å². The zero-order valence-electron chi connectivity index (χ0n) is 13.5. The summed E-state index contributed by atoms with van der Waals surface area (Å²) in [4.78, 5) is 28.7. The molecular formula is C16H20N2O4S. The van der Waals surface area contributed by atoms with Crippen molar-refractivity contribution >= 4 is 23.2 Å². The molecule has 0 fully saturated rings. The molecule has 2 aromatic rings. The molecule has 2 heterocycles. The lowest BCUT2D eigenvalue weighted by atomic mass is 9.86. The number of carboxylic acid groups (broad SMARTS) is 1. The molecule has 0 saturated carbocycles. The number of aryl methyl sites for hydroxylation is 1. The average molecular weight is 336 g/mol. The predicted molar refractivity (Wildman–Crippen MR) is 87.3 cm³/mol. The van der Waals surface area contributed by atoms with Gasteiger partial charge >= 0.3 is 5.97 Å². The monoisotopic (exact) mass is 336 g/mol. The molecule has 0 saturated heterocycles. The van der Waals surface area contributed by atoms with Crippen LogP contribution in [0.3, 0.4) is 0 Å². The first-order chi connectivity index (χ1) is 10.7. The van der Waals surface area contributed by atoms with Crippen LogP contribution in [0, 0.1) is 12.3 Å². The fourth-order valence-electron chi connectivity index (χ4n) is 2.11.